The molecule has 0 bridgehead atoms. The highest BCUT2D eigenvalue weighted by Crippen LogP contribution is 2.69. The standard InChI is InChI=1S/C46H66Si/c1-15-24-47(14,41-37-25-29(43(2,3)4)16-20-33(37)34-21-17-30(26-38(34)41)44(5,6)7)42-39-27-31(45(8,9)10)18-22-35(39)36-23-19-32(28-40(36)42)46(11,12)13/h15-23,25-28,33-42H,1,24H2,2-14H3. The second kappa shape index (κ2) is 11.5. The monoisotopic (exact) mass is 646 g/mol. The third kappa shape index (κ3) is 5.93. The van der Waals surface area contributed by atoms with Gasteiger partial charge in [0, 0.05) is 0 Å². The average molecular weight is 647 g/mol. The van der Waals surface area contributed by atoms with Crippen molar-refractivity contribution in [1.82, 2.24) is 0 Å². The minimum Gasteiger partial charge on any atom is -0.103 e. The van der Waals surface area contributed by atoms with Gasteiger partial charge in [0.2, 0.25) is 0 Å². The van der Waals surface area contributed by atoms with Gasteiger partial charge in [-0.1, -0.05) is 169 Å². The van der Waals surface area contributed by atoms with Crippen molar-refractivity contribution in [3.05, 3.63) is 108 Å². The van der Waals surface area contributed by atoms with Gasteiger partial charge in [-0.25, -0.2) is 0 Å². The SMILES string of the molecule is C=CC[Si](C)(C1C2C=C(C(C)(C)C)C=CC2C2C=CC(C(C)(C)C)=CC21)C1C2C=C(C(C)(C)C)C=CC2C2C=CC(C(C)(C)C)=CC21. The van der Waals surface area contributed by atoms with Gasteiger partial charge in [0.15, 0.2) is 0 Å². The van der Waals surface area contributed by atoms with Crippen LogP contribution >= 0.6 is 0 Å². The molecule has 0 aromatic heterocycles. The van der Waals surface area contributed by atoms with Crippen LogP contribution in [0.25, 0.3) is 0 Å². The summed E-state index contributed by atoms with van der Waals surface area (Å²) in [7, 11) is -2.10. The lowest BCUT2D eigenvalue weighted by atomic mass is 9.74. The Morgan fingerprint density at radius 1 is 0.468 bits per heavy atom. The van der Waals surface area contributed by atoms with Gasteiger partial charge < -0.3 is 0 Å². The summed E-state index contributed by atoms with van der Waals surface area (Å²) in [6.45, 7) is 36.3. The summed E-state index contributed by atoms with van der Waals surface area (Å²) in [6, 6.07) is 1.19. The first kappa shape index (κ1) is 34.7. The van der Waals surface area contributed by atoms with Gasteiger partial charge in [-0.2, -0.15) is 0 Å². The van der Waals surface area contributed by atoms with Crippen molar-refractivity contribution in [3.63, 3.8) is 0 Å². The number of hydrogen-bond acceptors (Lipinski definition) is 0. The molecule has 0 radical (unpaired) electrons. The minimum absolute atomic E-state index is 0.152. The first-order chi connectivity index (χ1) is 21.7. The predicted molar refractivity (Wildman–Crippen MR) is 209 cm³/mol. The lowest BCUT2D eigenvalue weighted by Crippen LogP contribution is -2.49. The Balaban J connectivity index is 1.58. The molecule has 0 nitrogen and oxygen atoms in total. The van der Waals surface area contributed by atoms with Crippen LogP contribution in [0.15, 0.2) is 108 Å². The minimum atomic E-state index is -2.10. The van der Waals surface area contributed by atoms with E-state index in [2.05, 4.69) is 175 Å². The van der Waals surface area contributed by atoms with E-state index >= 15 is 0 Å². The number of allylic oxidation sites excluding steroid dienone is 17. The zero-order chi connectivity index (χ0) is 34.5. The molecule has 0 aromatic rings. The number of hydrogen-bond donors (Lipinski definition) is 0. The van der Waals surface area contributed by atoms with Crippen molar-refractivity contribution >= 4 is 8.07 Å². The van der Waals surface area contributed by atoms with Crippen molar-refractivity contribution in [3.8, 4) is 0 Å². The summed E-state index contributed by atoms with van der Waals surface area (Å²) >= 11 is 0. The van der Waals surface area contributed by atoms with Crippen LogP contribution in [0.1, 0.15) is 83.1 Å². The van der Waals surface area contributed by atoms with Crippen molar-refractivity contribution < 1.29 is 0 Å². The van der Waals surface area contributed by atoms with Gasteiger partial charge in [-0.15, -0.1) is 6.58 Å². The maximum absolute atomic E-state index is 4.54. The number of rotatable bonds is 4. The molecular weight excluding hydrogens is 581 g/mol. The molecule has 6 rings (SSSR count). The van der Waals surface area contributed by atoms with Gasteiger partial charge in [-0.05, 0) is 108 Å². The van der Waals surface area contributed by atoms with Crippen LogP contribution in [0.5, 0.6) is 0 Å². The predicted octanol–water partition coefficient (Wildman–Crippen LogP) is 13.1. The maximum Gasteiger partial charge on any atom is 0.0628 e. The van der Waals surface area contributed by atoms with Gasteiger partial charge >= 0.3 is 0 Å². The molecule has 1 heteroatoms. The Morgan fingerprint density at radius 3 is 0.894 bits per heavy atom. The zero-order valence-corrected chi connectivity index (χ0v) is 33.2. The molecule has 8 unspecified atom stereocenters. The van der Waals surface area contributed by atoms with E-state index < -0.39 is 8.07 Å². The first-order valence-corrected chi connectivity index (χ1v) is 21.8. The van der Waals surface area contributed by atoms with Crippen LogP contribution in [0, 0.1) is 69.0 Å². The maximum atomic E-state index is 4.54. The molecule has 0 amide bonds. The van der Waals surface area contributed by atoms with E-state index in [1.54, 1.807) is 0 Å². The zero-order valence-electron chi connectivity index (χ0n) is 32.2. The molecule has 0 heterocycles. The summed E-state index contributed by atoms with van der Waals surface area (Å²) in [6.07, 6.45) is 34.1. The van der Waals surface area contributed by atoms with Crippen LogP contribution < -0.4 is 0 Å². The van der Waals surface area contributed by atoms with E-state index in [-0.39, 0.29) is 21.7 Å². The molecule has 8 atom stereocenters. The van der Waals surface area contributed by atoms with Crippen molar-refractivity contribution in [2.45, 2.75) is 107 Å². The van der Waals surface area contributed by atoms with Crippen LogP contribution in [-0.2, 0) is 0 Å². The van der Waals surface area contributed by atoms with Crippen molar-refractivity contribution in [2.75, 3.05) is 0 Å². The molecule has 6 aliphatic carbocycles. The molecule has 0 N–H and O–H groups in total. The van der Waals surface area contributed by atoms with Gasteiger partial charge in [-0.3, -0.25) is 0 Å². The Kier molecular flexibility index (Phi) is 8.47. The summed E-state index contributed by atoms with van der Waals surface area (Å²) < 4.78 is 0. The highest BCUT2D eigenvalue weighted by molar-refractivity contribution is 6.82. The van der Waals surface area contributed by atoms with Crippen molar-refractivity contribution in [1.29, 1.82) is 0 Å². The topological polar surface area (TPSA) is 0 Å². The fourth-order valence-corrected chi connectivity index (χ4v) is 17.3. The fraction of sp³-hybridized carbons (Fsp3) is 0.609. The highest BCUT2D eigenvalue weighted by Gasteiger charge is 2.63. The molecule has 0 spiro atoms. The van der Waals surface area contributed by atoms with Crippen LogP contribution in [0.3, 0.4) is 0 Å². The third-order valence-corrected chi connectivity index (χ3v) is 19.1. The van der Waals surface area contributed by atoms with E-state index in [1.807, 2.05) is 0 Å². The fourth-order valence-electron chi connectivity index (χ4n) is 10.9. The molecule has 6 aliphatic rings. The van der Waals surface area contributed by atoms with E-state index in [1.165, 1.54) is 28.3 Å². The Bertz CT molecular complexity index is 1300. The molecule has 47 heavy (non-hydrogen) atoms. The summed E-state index contributed by atoms with van der Waals surface area (Å²) in [5.41, 5.74) is 8.09. The van der Waals surface area contributed by atoms with E-state index in [4.69, 9.17) is 0 Å². The lowest BCUT2D eigenvalue weighted by Gasteiger charge is -2.49. The van der Waals surface area contributed by atoms with Crippen molar-refractivity contribution in [2.24, 2.45) is 69.0 Å². The average Bonchev–Trinajstić information content (AvgIpc) is 3.47. The molecule has 0 aliphatic heterocycles. The highest BCUT2D eigenvalue weighted by atomic mass is 28.3. The normalized spacial score (nSPS) is 37.6. The first-order valence-electron chi connectivity index (χ1n) is 18.9. The summed E-state index contributed by atoms with van der Waals surface area (Å²) in [4.78, 5) is 0. The van der Waals surface area contributed by atoms with E-state index in [9.17, 15) is 0 Å². The molecule has 0 saturated heterocycles. The summed E-state index contributed by atoms with van der Waals surface area (Å²) in [5, 5.41) is 0. The largest absolute Gasteiger partial charge is 0.103 e. The number of fused-ring (bicyclic) bond motifs is 6. The molecule has 2 saturated carbocycles. The summed E-state index contributed by atoms with van der Waals surface area (Å²) in [5.74, 6) is 4.62. The van der Waals surface area contributed by atoms with Gasteiger partial charge in [0.25, 0.3) is 0 Å². The van der Waals surface area contributed by atoms with Gasteiger partial charge in [0.05, 0.1) is 8.07 Å². The second-order valence-corrected chi connectivity index (χ2v) is 25.3. The van der Waals surface area contributed by atoms with Crippen LogP contribution in [-0.4, -0.2) is 8.07 Å². The lowest BCUT2D eigenvalue weighted by molar-refractivity contribution is 0.433. The Hall–Kier alpha value is -2.12. The van der Waals surface area contributed by atoms with E-state index in [0.29, 0.717) is 58.4 Å². The molecule has 254 valence electrons. The Morgan fingerprint density at radius 2 is 0.702 bits per heavy atom. The Labute approximate surface area is 290 Å². The molecule has 0 aromatic carbocycles. The van der Waals surface area contributed by atoms with Gasteiger partial charge in [0.1, 0.15) is 0 Å². The van der Waals surface area contributed by atoms with E-state index in [0.717, 1.165) is 0 Å². The third-order valence-electron chi connectivity index (χ3n) is 13.4. The quantitative estimate of drug-likeness (QED) is 0.211. The van der Waals surface area contributed by atoms with Crippen LogP contribution in [0.4, 0.5) is 0 Å². The smallest absolute Gasteiger partial charge is 0.0628 e. The molecular formula is C46H66Si. The van der Waals surface area contributed by atoms with Crippen LogP contribution in [0.2, 0.25) is 23.7 Å². The molecule has 2 fully saturated rings. The second-order valence-electron chi connectivity index (χ2n) is 20.6.